The number of aromatic nitrogens is 2. The molecule has 0 saturated heterocycles. The highest BCUT2D eigenvalue weighted by Crippen LogP contribution is 2.33. The molecule has 0 aliphatic heterocycles. The molecule has 0 aromatic carbocycles. The molecule has 1 aliphatic rings. The van der Waals surface area contributed by atoms with Gasteiger partial charge in [0.25, 0.3) is 5.56 Å². The summed E-state index contributed by atoms with van der Waals surface area (Å²) in [6, 6.07) is 0.416. The monoisotopic (exact) mass is 235 g/mol. The highest BCUT2D eigenvalue weighted by atomic mass is 16.1. The molecule has 1 N–H and O–H groups in total. The average Bonchev–Trinajstić information content (AvgIpc) is 3.16. The van der Waals surface area contributed by atoms with Gasteiger partial charge in [0.05, 0.1) is 0 Å². The molecule has 1 fully saturated rings. The van der Waals surface area contributed by atoms with Crippen LogP contribution in [0.5, 0.6) is 0 Å². The van der Waals surface area contributed by atoms with Crippen LogP contribution in [0.25, 0.3) is 0 Å². The van der Waals surface area contributed by atoms with Gasteiger partial charge < -0.3 is 9.88 Å². The van der Waals surface area contributed by atoms with E-state index in [0.29, 0.717) is 17.8 Å². The normalized spacial score (nSPS) is 15.2. The minimum absolute atomic E-state index is 0.0287. The summed E-state index contributed by atoms with van der Waals surface area (Å²) in [4.78, 5) is 16.2. The second-order valence-electron chi connectivity index (χ2n) is 4.78. The third kappa shape index (κ3) is 2.87. The molecule has 0 atom stereocenters. The standard InChI is InChI=1S/C13H21N3O/c1-3-10(4-2)9-15-12-13(17)16(8-7-14-12)11-5-6-11/h7-8,10-11H,3-6,9H2,1-2H3,(H,14,15). The molecule has 1 aliphatic carbocycles. The van der Waals surface area contributed by atoms with Gasteiger partial charge in [0.2, 0.25) is 0 Å². The molecule has 1 saturated carbocycles. The fraction of sp³-hybridized carbons (Fsp3) is 0.692. The lowest BCUT2D eigenvalue weighted by Gasteiger charge is -2.14. The Kier molecular flexibility index (Phi) is 3.82. The van der Waals surface area contributed by atoms with Gasteiger partial charge in [-0.1, -0.05) is 26.7 Å². The summed E-state index contributed by atoms with van der Waals surface area (Å²) < 4.78 is 1.81. The largest absolute Gasteiger partial charge is 0.365 e. The van der Waals surface area contributed by atoms with E-state index in [-0.39, 0.29) is 5.56 Å². The third-order valence-corrected chi connectivity index (χ3v) is 3.52. The van der Waals surface area contributed by atoms with Crippen LogP contribution in [0, 0.1) is 5.92 Å². The highest BCUT2D eigenvalue weighted by molar-refractivity contribution is 5.31. The fourth-order valence-corrected chi connectivity index (χ4v) is 2.00. The Labute approximate surface area is 102 Å². The SMILES string of the molecule is CCC(CC)CNc1nccn(C2CC2)c1=O. The maximum atomic E-state index is 12.1. The number of hydrogen-bond acceptors (Lipinski definition) is 3. The minimum Gasteiger partial charge on any atom is -0.365 e. The first-order chi connectivity index (χ1) is 8.26. The molecule has 0 amide bonds. The zero-order valence-corrected chi connectivity index (χ0v) is 10.6. The summed E-state index contributed by atoms with van der Waals surface area (Å²) in [6.07, 6.45) is 8.02. The van der Waals surface area contributed by atoms with Gasteiger partial charge in [-0.25, -0.2) is 4.98 Å². The third-order valence-electron chi connectivity index (χ3n) is 3.52. The molecule has 1 heterocycles. The van der Waals surface area contributed by atoms with Crippen LogP contribution < -0.4 is 10.9 Å². The Hall–Kier alpha value is -1.32. The molecular formula is C13H21N3O. The average molecular weight is 235 g/mol. The zero-order valence-electron chi connectivity index (χ0n) is 10.6. The van der Waals surface area contributed by atoms with E-state index >= 15 is 0 Å². The van der Waals surface area contributed by atoms with Gasteiger partial charge >= 0.3 is 0 Å². The molecule has 0 bridgehead atoms. The van der Waals surface area contributed by atoms with Gasteiger partial charge in [-0.15, -0.1) is 0 Å². The predicted molar refractivity (Wildman–Crippen MR) is 69.3 cm³/mol. The molecule has 94 valence electrons. The van der Waals surface area contributed by atoms with Crippen molar-refractivity contribution in [2.75, 3.05) is 11.9 Å². The Morgan fingerprint density at radius 2 is 2.18 bits per heavy atom. The van der Waals surface area contributed by atoms with Crippen LogP contribution in [0.2, 0.25) is 0 Å². The summed E-state index contributed by atoms with van der Waals surface area (Å²) >= 11 is 0. The number of hydrogen-bond donors (Lipinski definition) is 1. The van der Waals surface area contributed by atoms with Gasteiger partial charge in [-0.3, -0.25) is 4.79 Å². The lowest BCUT2D eigenvalue weighted by molar-refractivity contribution is 0.517. The molecular weight excluding hydrogens is 214 g/mol. The van der Waals surface area contributed by atoms with Crippen LogP contribution in [-0.2, 0) is 0 Å². The predicted octanol–water partition coefficient (Wildman–Crippen LogP) is 2.43. The first kappa shape index (κ1) is 12.1. The minimum atomic E-state index is 0.0287. The van der Waals surface area contributed by atoms with Crippen LogP contribution in [-0.4, -0.2) is 16.1 Å². The van der Waals surface area contributed by atoms with E-state index in [1.54, 1.807) is 12.4 Å². The van der Waals surface area contributed by atoms with Crippen LogP contribution in [0.3, 0.4) is 0 Å². The van der Waals surface area contributed by atoms with Gasteiger partial charge in [0.1, 0.15) is 0 Å². The summed E-state index contributed by atoms with van der Waals surface area (Å²) in [6.45, 7) is 5.19. The lowest BCUT2D eigenvalue weighted by Crippen LogP contribution is -2.25. The van der Waals surface area contributed by atoms with Gasteiger partial charge in [0, 0.05) is 25.0 Å². The van der Waals surface area contributed by atoms with E-state index in [2.05, 4.69) is 24.1 Å². The molecule has 17 heavy (non-hydrogen) atoms. The number of rotatable bonds is 6. The van der Waals surface area contributed by atoms with Crippen molar-refractivity contribution in [1.82, 2.24) is 9.55 Å². The molecule has 0 spiro atoms. The summed E-state index contributed by atoms with van der Waals surface area (Å²) in [7, 11) is 0. The number of nitrogens with one attached hydrogen (secondary N) is 1. The van der Waals surface area contributed by atoms with E-state index in [9.17, 15) is 4.79 Å². The molecule has 1 aromatic heterocycles. The topological polar surface area (TPSA) is 46.9 Å². The van der Waals surface area contributed by atoms with Crippen molar-refractivity contribution in [2.24, 2.45) is 5.92 Å². The van der Waals surface area contributed by atoms with Crippen molar-refractivity contribution in [2.45, 2.75) is 45.6 Å². The quantitative estimate of drug-likeness (QED) is 0.823. The van der Waals surface area contributed by atoms with E-state index < -0.39 is 0 Å². The second kappa shape index (κ2) is 5.34. The lowest BCUT2D eigenvalue weighted by atomic mass is 10.0. The first-order valence-corrected chi connectivity index (χ1v) is 6.57. The van der Waals surface area contributed by atoms with Crippen LogP contribution in [0.15, 0.2) is 17.2 Å². The maximum Gasteiger partial charge on any atom is 0.293 e. The maximum absolute atomic E-state index is 12.1. The number of anilines is 1. The Bertz CT molecular complexity index is 419. The second-order valence-corrected chi connectivity index (χ2v) is 4.78. The van der Waals surface area contributed by atoms with Crippen LogP contribution >= 0.6 is 0 Å². The van der Waals surface area contributed by atoms with Crippen LogP contribution in [0.4, 0.5) is 5.82 Å². The summed E-state index contributed by atoms with van der Waals surface area (Å²) in [5.41, 5.74) is 0.0287. The molecule has 1 aromatic rings. The van der Waals surface area contributed by atoms with E-state index in [1.807, 2.05) is 4.57 Å². The van der Waals surface area contributed by atoms with E-state index in [0.717, 1.165) is 32.2 Å². The van der Waals surface area contributed by atoms with E-state index in [1.165, 1.54) is 0 Å². The highest BCUT2D eigenvalue weighted by Gasteiger charge is 2.25. The molecule has 0 unspecified atom stereocenters. The van der Waals surface area contributed by atoms with Gasteiger partial charge in [-0.2, -0.15) is 0 Å². The summed E-state index contributed by atoms with van der Waals surface area (Å²) in [5, 5.41) is 3.19. The number of nitrogens with zero attached hydrogens (tertiary/aromatic N) is 2. The molecule has 4 heteroatoms. The van der Waals surface area contributed by atoms with Crippen molar-refractivity contribution >= 4 is 5.82 Å². The van der Waals surface area contributed by atoms with Crippen molar-refractivity contribution in [3.63, 3.8) is 0 Å². The molecule has 2 rings (SSSR count). The zero-order chi connectivity index (χ0) is 12.3. The fourth-order valence-electron chi connectivity index (χ4n) is 2.00. The first-order valence-electron chi connectivity index (χ1n) is 6.57. The van der Waals surface area contributed by atoms with Crippen molar-refractivity contribution in [3.8, 4) is 0 Å². The smallest absolute Gasteiger partial charge is 0.293 e. The van der Waals surface area contributed by atoms with Crippen molar-refractivity contribution in [3.05, 3.63) is 22.7 Å². The molecule has 0 radical (unpaired) electrons. The Morgan fingerprint density at radius 1 is 1.47 bits per heavy atom. The molecule has 4 nitrogen and oxygen atoms in total. The van der Waals surface area contributed by atoms with Gasteiger partial charge in [0.15, 0.2) is 5.82 Å². The Balaban J connectivity index is 2.05. The van der Waals surface area contributed by atoms with Crippen molar-refractivity contribution in [1.29, 1.82) is 0 Å². The Morgan fingerprint density at radius 3 is 2.76 bits per heavy atom. The van der Waals surface area contributed by atoms with Gasteiger partial charge in [-0.05, 0) is 18.8 Å². The summed E-state index contributed by atoms with van der Waals surface area (Å²) in [5.74, 6) is 1.12. The van der Waals surface area contributed by atoms with Crippen LogP contribution in [0.1, 0.15) is 45.6 Å². The van der Waals surface area contributed by atoms with Crippen molar-refractivity contribution < 1.29 is 0 Å². The van der Waals surface area contributed by atoms with E-state index in [4.69, 9.17) is 0 Å².